The second-order valence-corrected chi connectivity index (χ2v) is 5.74. The first kappa shape index (κ1) is 17.5. The van der Waals surface area contributed by atoms with Gasteiger partial charge in [0, 0.05) is 0 Å². The summed E-state index contributed by atoms with van der Waals surface area (Å²) in [5, 5.41) is 8.94. The summed E-state index contributed by atoms with van der Waals surface area (Å²) in [6.45, 7) is 5.78. The Kier molecular flexibility index (Phi) is 5.58. The van der Waals surface area contributed by atoms with E-state index in [9.17, 15) is 9.59 Å². The number of carboxylic acid groups (broad SMARTS) is 1. The van der Waals surface area contributed by atoms with Crippen LogP contribution in [-0.2, 0) is 4.79 Å². The molecule has 1 unspecified atom stereocenters. The van der Waals surface area contributed by atoms with E-state index in [0.29, 0.717) is 11.7 Å². The van der Waals surface area contributed by atoms with Gasteiger partial charge in [-0.25, -0.2) is 9.59 Å². The number of rotatable bonds is 6. The van der Waals surface area contributed by atoms with Crippen molar-refractivity contribution in [1.82, 2.24) is 0 Å². The molecule has 2 aromatic carbocycles. The lowest BCUT2D eigenvalue weighted by Gasteiger charge is -2.14. The van der Waals surface area contributed by atoms with Crippen LogP contribution in [0.5, 0.6) is 11.5 Å². The van der Waals surface area contributed by atoms with E-state index in [-0.39, 0.29) is 11.3 Å². The molecular formula is C19H20O5. The number of carboxylic acids is 1. The second kappa shape index (κ2) is 7.64. The van der Waals surface area contributed by atoms with Gasteiger partial charge in [0.05, 0.1) is 5.56 Å². The van der Waals surface area contributed by atoms with E-state index in [0.717, 1.165) is 0 Å². The van der Waals surface area contributed by atoms with E-state index in [1.54, 1.807) is 6.92 Å². The van der Waals surface area contributed by atoms with Gasteiger partial charge < -0.3 is 14.6 Å². The lowest BCUT2D eigenvalue weighted by Crippen LogP contribution is -2.28. The third kappa shape index (κ3) is 4.59. The van der Waals surface area contributed by atoms with Crippen molar-refractivity contribution < 1.29 is 24.2 Å². The minimum atomic E-state index is -1.08. The molecule has 1 atom stereocenters. The Morgan fingerprint density at radius 2 is 1.62 bits per heavy atom. The predicted molar refractivity (Wildman–Crippen MR) is 89.7 cm³/mol. The summed E-state index contributed by atoms with van der Waals surface area (Å²) in [6.07, 6.45) is -0.816. The van der Waals surface area contributed by atoms with Crippen LogP contribution in [0.25, 0.3) is 0 Å². The minimum Gasteiger partial charge on any atom is -0.479 e. The monoisotopic (exact) mass is 328 g/mol. The third-order valence-electron chi connectivity index (χ3n) is 3.49. The molecule has 1 N–H and O–H groups in total. The average molecular weight is 328 g/mol. The van der Waals surface area contributed by atoms with Gasteiger partial charge >= 0.3 is 11.9 Å². The van der Waals surface area contributed by atoms with Gasteiger partial charge in [-0.05, 0) is 48.7 Å². The van der Waals surface area contributed by atoms with Crippen molar-refractivity contribution in [2.24, 2.45) is 0 Å². The zero-order valence-corrected chi connectivity index (χ0v) is 13.9. The Bertz CT molecular complexity index is 719. The molecule has 0 aliphatic carbocycles. The van der Waals surface area contributed by atoms with Crippen molar-refractivity contribution in [1.29, 1.82) is 0 Å². The highest BCUT2D eigenvalue weighted by atomic mass is 16.6. The molecule has 0 fully saturated rings. The van der Waals surface area contributed by atoms with Crippen LogP contribution in [-0.4, -0.2) is 23.1 Å². The fraction of sp³-hybridized carbons (Fsp3) is 0.263. The maximum absolute atomic E-state index is 12.1. The second-order valence-electron chi connectivity index (χ2n) is 5.74. The number of aromatic carboxylic acids is 1. The van der Waals surface area contributed by atoms with Crippen molar-refractivity contribution in [2.75, 3.05) is 0 Å². The Hall–Kier alpha value is -2.82. The summed E-state index contributed by atoms with van der Waals surface area (Å²) in [7, 11) is 0. The number of hydrogen-bond donors (Lipinski definition) is 1. The molecule has 0 aliphatic heterocycles. The average Bonchev–Trinajstić information content (AvgIpc) is 2.55. The van der Waals surface area contributed by atoms with E-state index in [4.69, 9.17) is 14.6 Å². The fourth-order valence-corrected chi connectivity index (χ4v) is 2.08. The minimum absolute atomic E-state index is 0.0538. The predicted octanol–water partition coefficient (Wildman–Crippen LogP) is 3.88. The van der Waals surface area contributed by atoms with Gasteiger partial charge in [-0.15, -0.1) is 0 Å². The Balaban J connectivity index is 1.99. The summed E-state index contributed by atoms with van der Waals surface area (Å²) in [5.41, 5.74) is 1.24. The van der Waals surface area contributed by atoms with Crippen LogP contribution in [0.15, 0.2) is 48.5 Å². The molecule has 5 heteroatoms. The normalized spacial score (nSPS) is 11.8. The van der Waals surface area contributed by atoms with Crippen molar-refractivity contribution in [3.05, 3.63) is 59.7 Å². The molecule has 0 amide bonds. The van der Waals surface area contributed by atoms with Crippen LogP contribution in [0.1, 0.15) is 42.6 Å². The van der Waals surface area contributed by atoms with Crippen molar-refractivity contribution in [2.45, 2.75) is 32.8 Å². The van der Waals surface area contributed by atoms with Crippen LogP contribution in [0.2, 0.25) is 0 Å². The molecule has 126 valence electrons. The van der Waals surface area contributed by atoms with Gasteiger partial charge in [-0.2, -0.15) is 0 Å². The van der Waals surface area contributed by atoms with Gasteiger partial charge in [0.1, 0.15) is 11.5 Å². The lowest BCUT2D eigenvalue weighted by atomic mass is 10.0. The summed E-state index contributed by atoms with van der Waals surface area (Å²) >= 11 is 0. The zero-order valence-electron chi connectivity index (χ0n) is 13.9. The lowest BCUT2D eigenvalue weighted by molar-refractivity contribution is -0.141. The largest absolute Gasteiger partial charge is 0.479 e. The van der Waals surface area contributed by atoms with Gasteiger partial charge in [0.2, 0.25) is 0 Å². The number of benzene rings is 2. The number of ether oxygens (including phenoxy) is 2. The summed E-state index contributed by atoms with van der Waals surface area (Å²) in [4.78, 5) is 23.0. The molecule has 0 radical (unpaired) electrons. The third-order valence-corrected chi connectivity index (χ3v) is 3.49. The first-order valence-corrected chi connectivity index (χ1v) is 7.68. The Morgan fingerprint density at radius 3 is 2.21 bits per heavy atom. The Morgan fingerprint density at radius 1 is 0.958 bits per heavy atom. The highest BCUT2D eigenvalue weighted by Crippen LogP contribution is 2.20. The molecule has 5 nitrogen and oxygen atoms in total. The van der Waals surface area contributed by atoms with Crippen molar-refractivity contribution in [3.63, 3.8) is 0 Å². The molecule has 0 heterocycles. The standard InChI is InChI=1S/C19H20O5/c1-12(2)14-7-9-16(10-8-14)23-13(3)19(22)24-17-6-4-5-15(11-17)18(20)21/h4-13H,1-3H3,(H,20,21). The topological polar surface area (TPSA) is 72.8 Å². The van der Waals surface area contributed by atoms with Gasteiger partial charge in [-0.1, -0.05) is 32.0 Å². The smallest absolute Gasteiger partial charge is 0.352 e. The van der Waals surface area contributed by atoms with Crippen LogP contribution >= 0.6 is 0 Å². The molecular weight excluding hydrogens is 308 g/mol. The fourth-order valence-electron chi connectivity index (χ4n) is 2.08. The van der Waals surface area contributed by atoms with E-state index >= 15 is 0 Å². The summed E-state index contributed by atoms with van der Waals surface area (Å²) in [5.74, 6) is -0.510. The molecule has 0 bridgehead atoms. The first-order valence-electron chi connectivity index (χ1n) is 7.68. The number of esters is 1. The molecule has 0 saturated heterocycles. The number of carbonyl (C=O) groups excluding carboxylic acids is 1. The van der Waals surface area contributed by atoms with Gasteiger partial charge in [0.15, 0.2) is 6.10 Å². The highest BCUT2D eigenvalue weighted by molar-refractivity contribution is 5.88. The molecule has 2 rings (SSSR count). The summed E-state index contributed by atoms with van der Waals surface area (Å²) < 4.78 is 10.7. The van der Waals surface area contributed by atoms with E-state index < -0.39 is 18.0 Å². The van der Waals surface area contributed by atoms with Crippen LogP contribution in [0, 0.1) is 0 Å². The van der Waals surface area contributed by atoms with Crippen molar-refractivity contribution in [3.8, 4) is 11.5 Å². The summed E-state index contributed by atoms with van der Waals surface area (Å²) in [6, 6.07) is 13.3. The van der Waals surface area contributed by atoms with Crippen LogP contribution < -0.4 is 9.47 Å². The maximum atomic E-state index is 12.1. The van der Waals surface area contributed by atoms with Gasteiger partial charge in [0.25, 0.3) is 0 Å². The van der Waals surface area contributed by atoms with Crippen LogP contribution in [0.3, 0.4) is 0 Å². The maximum Gasteiger partial charge on any atom is 0.352 e. The molecule has 0 saturated carbocycles. The molecule has 2 aromatic rings. The zero-order chi connectivity index (χ0) is 17.7. The highest BCUT2D eigenvalue weighted by Gasteiger charge is 2.18. The molecule has 0 aromatic heterocycles. The SMILES string of the molecule is CC(Oc1ccc(C(C)C)cc1)C(=O)Oc1cccc(C(=O)O)c1. The van der Waals surface area contributed by atoms with Crippen LogP contribution in [0.4, 0.5) is 0 Å². The molecule has 24 heavy (non-hydrogen) atoms. The number of carbonyl (C=O) groups is 2. The van der Waals surface area contributed by atoms with Crippen molar-refractivity contribution >= 4 is 11.9 Å². The quantitative estimate of drug-likeness (QED) is 0.643. The number of hydrogen-bond acceptors (Lipinski definition) is 4. The molecule has 0 aliphatic rings. The van der Waals surface area contributed by atoms with E-state index in [1.807, 2.05) is 24.3 Å². The van der Waals surface area contributed by atoms with E-state index in [2.05, 4.69) is 13.8 Å². The van der Waals surface area contributed by atoms with Gasteiger partial charge in [-0.3, -0.25) is 0 Å². The first-order chi connectivity index (χ1) is 11.4. The Labute approximate surface area is 140 Å². The molecule has 0 spiro atoms. The van der Waals surface area contributed by atoms with E-state index in [1.165, 1.54) is 29.8 Å².